The molecule has 0 bridgehead atoms. The van der Waals surface area contributed by atoms with Gasteiger partial charge in [-0.25, -0.2) is 9.78 Å². The monoisotopic (exact) mass is 352 g/mol. The lowest BCUT2D eigenvalue weighted by Gasteiger charge is -2.21. The number of hydrogen-bond donors (Lipinski definition) is 1. The van der Waals surface area contributed by atoms with Crippen molar-refractivity contribution in [1.29, 1.82) is 0 Å². The molecule has 0 radical (unpaired) electrons. The topological polar surface area (TPSA) is 93.3 Å². The number of pyridine rings is 2. The maximum absolute atomic E-state index is 13.0. The van der Waals surface area contributed by atoms with Crippen molar-refractivity contribution in [2.24, 2.45) is 0 Å². The van der Waals surface area contributed by atoms with Crippen molar-refractivity contribution in [2.75, 3.05) is 0 Å². The first kappa shape index (κ1) is 16.7. The van der Waals surface area contributed by atoms with Gasteiger partial charge in [-0.15, -0.1) is 0 Å². The van der Waals surface area contributed by atoms with Gasteiger partial charge in [-0.1, -0.05) is 26.2 Å². The van der Waals surface area contributed by atoms with E-state index >= 15 is 0 Å². The summed E-state index contributed by atoms with van der Waals surface area (Å²) in [6.07, 6.45) is 7.83. The Hall–Kier alpha value is -2.76. The summed E-state index contributed by atoms with van der Waals surface area (Å²) in [4.78, 5) is 33.2. The normalized spacial score (nSPS) is 15.6. The van der Waals surface area contributed by atoms with Gasteiger partial charge in [0.05, 0.1) is 28.2 Å². The van der Waals surface area contributed by atoms with Crippen molar-refractivity contribution in [2.45, 2.75) is 51.4 Å². The predicted octanol–water partition coefficient (Wildman–Crippen LogP) is 4.04. The van der Waals surface area contributed by atoms with Crippen LogP contribution >= 0.6 is 0 Å². The van der Waals surface area contributed by atoms with E-state index in [1.807, 2.05) is 13.0 Å². The van der Waals surface area contributed by atoms with Crippen LogP contribution in [-0.2, 0) is 6.42 Å². The summed E-state index contributed by atoms with van der Waals surface area (Å²) in [5, 5.41) is 10.0. The van der Waals surface area contributed by atoms with Gasteiger partial charge in [0.2, 0.25) is 11.1 Å². The van der Waals surface area contributed by atoms with E-state index < -0.39 is 5.97 Å². The third kappa shape index (κ3) is 2.75. The highest BCUT2D eigenvalue weighted by Crippen LogP contribution is 2.32. The largest absolute Gasteiger partial charge is 0.478 e. The van der Waals surface area contributed by atoms with E-state index in [0.29, 0.717) is 29.0 Å². The van der Waals surface area contributed by atoms with E-state index in [4.69, 9.17) is 4.42 Å². The molecule has 0 spiro atoms. The average molecular weight is 352 g/mol. The molecule has 1 N–H and O–H groups in total. The van der Waals surface area contributed by atoms with E-state index in [2.05, 4.69) is 9.97 Å². The van der Waals surface area contributed by atoms with Crippen molar-refractivity contribution in [3.8, 4) is 0 Å². The highest BCUT2D eigenvalue weighted by Gasteiger charge is 2.20. The number of aromatic carboxylic acids is 1. The fourth-order valence-corrected chi connectivity index (χ4v) is 3.82. The number of carboxylic acids is 1. The first-order valence-electron chi connectivity index (χ1n) is 9.08. The zero-order valence-corrected chi connectivity index (χ0v) is 14.6. The molecule has 3 heterocycles. The molecule has 0 amide bonds. The van der Waals surface area contributed by atoms with Crippen molar-refractivity contribution in [3.05, 3.63) is 45.5 Å². The van der Waals surface area contributed by atoms with Gasteiger partial charge in [0.15, 0.2) is 5.58 Å². The summed E-state index contributed by atoms with van der Waals surface area (Å²) >= 11 is 0. The van der Waals surface area contributed by atoms with Crippen molar-refractivity contribution >= 4 is 28.0 Å². The molecule has 0 aliphatic heterocycles. The number of hydrogen-bond acceptors (Lipinski definition) is 5. The van der Waals surface area contributed by atoms with E-state index in [1.54, 1.807) is 6.20 Å². The summed E-state index contributed by atoms with van der Waals surface area (Å²) in [5.41, 5.74) is 1.67. The summed E-state index contributed by atoms with van der Waals surface area (Å²) in [6.45, 7) is 1.82. The highest BCUT2D eigenvalue weighted by molar-refractivity contribution is 5.95. The van der Waals surface area contributed by atoms with Gasteiger partial charge in [0.25, 0.3) is 0 Å². The zero-order valence-electron chi connectivity index (χ0n) is 14.6. The summed E-state index contributed by atoms with van der Waals surface area (Å²) in [6, 6.07) is 3.19. The average Bonchev–Trinajstić information content (AvgIpc) is 2.67. The second-order valence-corrected chi connectivity index (χ2v) is 6.87. The molecule has 26 heavy (non-hydrogen) atoms. The fraction of sp³-hybridized carbons (Fsp3) is 0.400. The van der Waals surface area contributed by atoms with Crippen LogP contribution in [0, 0.1) is 0 Å². The van der Waals surface area contributed by atoms with Crippen LogP contribution in [0.5, 0.6) is 0 Å². The minimum absolute atomic E-state index is 0.0493. The van der Waals surface area contributed by atoms with Crippen molar-refractivity contribution < 1.29 is 14.3 Å². The summed E-state index contributed by atoms with van der Waals surface area (Å²) in [7, 11) is 0. The molecular weight excluding hydrogens is 332 g/mol. The van der Waals surface area contributed by atoms with E-state index in [-0.39, 0.29) is 22.1 Å². The summed E-state index contributed by atoms with van der Waals surface area (Å²) < 4.78 is 5.78. The molecule has 0 atom stereocenters. The van der Waals surface area contributed by atoms with Crippen LogP contribution in [0.1, 0.15) is 66.7 Å². The van der Waals surface area contributed by atoms with Crippen LogP contribution in [0.3, 0.4) is 0 Å². The Labute approximate surface area is 149 Å². The Morgan fingerprint density at radius 1 is 1.23 bits per heavy atom. The van der Waals surface area contributed by atoms with E-state index in [9.17, 15) is 14.7 Å². The molecule has 1 aliphatic carbocycles. The molecule has 3 aromatic rings. The molecule has 6 heteroatoms. The second kappa shape index (κ2) is 6.52. The molecule has 0 saturated heterocycles. The van der Waals surface area contributed by atoms with Gasteiger partial charge in [0.1, 0.15) is 0 Å². The van der Waals surface area contributed by atoms with Crippen LogP contribution in [0.4, 0.5) is 0 Å². The first-order chi connectivity index (χ1) is 12.6. The quantitative estimate of drug-likeness (QED) is 0.715. The van der Waals surface area contributed by atoms with Crippen LogP contribution < -0.4 is 5.43 Å². The number of carbonyl (C=O) groups is 1. The zero-order chi connectivity index (χ0) is 18.3. The van der Waals surface area contributed by atoms with Crippen LogP contribution in [0.15, 0.2) is 27.5 Å². The number of aryl methyl sites for hydroxylation is 1. The maximum atomic E-state index is 13.0. The SMILES string of the molecule is CCc1nc2oc3cnc(C4CCCCC4)cc3c(=O)c2cc1C(=O)O. The lowest BCUT2D eigenvalue weighted by molar-refractivity contribution is 0.0695. The summed E-state index contributed by atoms with van der Waals surface area (Å²) in [5.74, 6) is -0.716. The Bertz CT molecular complexity index is 1060. The molecule has 1 saturated carbocycles. The van der Waals surface area contributed by atoms with Crippen LogP contribution in [0.25, 0.3) is 22.1 Å². The van der Waals surface area contributed by atoms with Crippen molar-refractivity contribution in [3.63, 3.8) is 0 Å². The van der Waals surface area contributed by atoms with Gasteiger partial charge >= 0.3 is 5.97 Å². The standard InChI is InChI=1S/C20H20N2O4/c1-2-15-12(20(24)25)8-14-18(23)13-9-16(11-6-4-3-5-7-11)21-10-17(13)26-19(14)22-15/h8-11H,2-7H2,1H3,(H,24,25). The van der Waals surface area contributed by atoms with Gasteiger partial charge in [-0.2, -0.15) is 0 Å². The minimum Gasteiger partial charge on any atom is -0.478 e. The third-order valence-electron chi connectivity index (χ3n) is 5.24. The number of fused-ring (bicyclic) bond motifs is 2. The first-order valence-corrected chi connectivity index (χ1v) is 9.08. The second-order valence-electron chi connectivity index (χ2n) is 6.87. The van der Waals surface area contributed by atoms with Crippen molar-refractivity contribution in [1.82, 2.24) is 9.97 Å². The Morgan fingerprint density at radius 2 is 2.00 bits per heavy atom. The lowest BCUT2D eigenvalue weighted by Crippen LogP contribution is -2.11. The number of aromatic nitrogens is 2. The van der Waals surface area contributed by atoms with E-state index in [1.165, 1.54) is 25.3 Å². The van der Waals surface area contributed by atoms with E-state index in [0.717, 1.165) is 18.5 Å². The minimum atomic E-state index is -1.09. The molecule has 6 nitrogen and oxygen atoms in total. The molecular formula is C20H20N2O4. The molecule has 1 fully saturated rings. The Morgan fingerprint density at radius 3 is 2.69 bits per heavy atom. The molecule has 3 aromatic heterocycles. The fourth-order valence-electron chi connectivity index (χ4n) is 3.82. The van der Waals surface area contributed by atoms with Crippen LogP contribution in [-0.4, -0.2) is 21.0 Å². The molecule has 134 valence electrons. The van der Waals surface area contributed by atoms with Crippen LogP contribution in [0.2, 0.25) is 0 Å². The molecule has 4 rings (SSSR count). The van der Waals surface area contributed by atoms with Gasteiger partial charge in [-0.3, -0.25) is 9.78 Å². The number of nitrogens with zero attached hydrogens (tertiary/aromatic N) is 2. The third-order valence-corrected chi connectivity index (χ3v) is 5.24. The molecule has 0 unspecified atom stereocenters. The molecule has 1 aliphatic rings. The van der Waals surface area contributed by atoms with Gasteiger partial charge in [0, 0.05) is 11.6 Å². The Kier molecular flexibility index (Phi) is 4.18. The number of rotatable bonds is 3. The highest BCUT2D eigenvalue weighted by atomic mass is 16.4. The van der Waals surface area contributed by atoms with Gasteiger partial charge in [-0.05, 0) is 31.4 Å². The lowest BCUT2D eigenvalue weighted by atomic mass is 9.86. The van der Waals surface area contributed by atoms with Gasteiger partial charge < -0.3 is 9.52 Å². The molecule has 0 aromatic carbocycles. The predicted molar refractivity (Wildman–Crippen MR) is 97.7 cm³/mol. The number of carboxylic acid groups (broad SMARTS) is 1. The smallest absolute Gasteiger partial charge is 0.337 e. The maximum Gasteiger partial charge on any atom is 0.337 e. The Balaban J connectivity index is 1.93.